The SMILES string of the molecule is Cc1cc(C)c(C(C)NCCC(N)=O)c(C)n1. The minimum atomic E-state index is -0.278. The second-order valence-corrected chi connectivity index (χ2v) is 4.47. The Hall–Kier alpha value is -1.42. The van der Waals surface area contributed by atoms with Gasteiger partial charge in [0.05, 0.1) is 0 Å². The average molecular weight is 235 g/mol. The zero-order valence-corrected chi connectivity index (χ0v) is 11.0. The Balaban J connectivity index is 2.75. The zero-order valence-electron chi connectivity index (χ0n) is 11.0. The van der Waals surface area contributed by atoms with Crippen molar-refractivity contribution in [2.75, 3.05) is 6.54 Å². The number of carbonyl (C=O) groups is 1. The summed E-state index contributed by atoms with van der Waals surface area (Å²) >= 11 is 0. The zero-order chi connectivity index (χ0) is 13.0. The van der Waals surface area contributed by atoms with Crippen molar-refractivity contribution in [1.82, 2.24) is 10.3 Å². The third kappa shape index (κ3) is 3.82. The highest BCUT2D eigenvalue weighted by Crippen LogP contribution is 2.20. The van der Waals surface area contributed by atoms with Gasteiger partial charge in [0.1, 0.15) is 0 Å². The van der Waals surface area contributed by atoms with Crippen LogP contribution in [-0.2, 0) is 4.79 Å². The molecule has 0 aliphatic heterocycles. The van der Waals surface area contributed by atoms with E-state index in [1.54, 1.807) is 0 Å². The molecule has 0 bridgehead atoms. The maximum absolute atomic E-state index is 10.7. The van der Waals surface area contributed by atoms with Gasteiger partial charge in [0.15, 0.2) is 0 Å². The Morgan fingerprint density at radius 3 is 2.65 bits per heavy atom. The van der Waals surface area contributed by atoms with Crippen molar-refractivity contribution in [3.63, 3.8) is 0 Å². The third-order valence-corrected chi connectivity index (χ3v) is 2.84. The predicted octanol–water partition coefficient (Wildman–Crippen LogP) is 1.53. The molecule has 4 heteroatoms. The van der Waals surface area contributed by atoms with Gasteiger partial charge in [-0.1, -0.05) is 0 Å². The number of amides is 1. The fraction of sp³-hybridized carbons (Fsp3) is 0.538. The van der Waals surface area contributed by atoms with Crippen LogP contribution in [0, 0.1) is 20.8 Å². The molecule has 0 saturated heterocycles. The summed E-state index contributed by atoms with van der Waals surface area (Å²) in [5.74, 6) is -0.278. The summed E-state index contributed by atoms with van der Waals surface area (Å²) in [6.45, 7) is 8.77. The van der Waals surface area contributed by atoms with Gasteiger partial charge >= 0.3 is 0 Å². The lowest BCUT2D eigenvalue weighted by atomic mass is 10.0. The third-order valence-electron chi connectivity index (χ3n) is 2.84. The van der Waals surface area contributed by atoms with E-state index >= 15 is 0 Å². The molecule has 0 aromatic carbocycles. The number of primary amides is 1. The van der Waals surface area contributed by atoms with Crippen molar-refractivity contribution in [2.45, 2.75) is 40.2 Å². The van der Waals surface area contributed by atoms with Gasteiger partial charge in [-0.15, -0.1) is 0 Å². The van der Waals surface area contributed by atoms with Crippen molar-refractivity contribution in [3.8, 4) is 0 Å². The van der Waals surface area contributed by atoms with Gasteiger partial charge in [0.25, 0.3) is 0 Å². The molecule has 1 amide bonds. The molecule has 1 aromatic heterocycles. The Kier molecular flexibility index (Phi) is 4.63. The summed E-state index contributed by atoms with van der Waals surface area (Å²) in [6, 6.07) is 2.26. The van der Waals surface area contributed by atoms with Crippen LogP contribution in [0.15, 0.2) is 6.07 Å². The highest BCUT2D eigenvalue weighted by Gasteiger charge is 2.12. The molecule has 1 unspecified atom stereocenters. The molecule has 3 N–H and O–H groups in total. The van der Waals surface area contributed by atoms with E-state index in [1.807, 2.05) is 13.8 Å². The number of pyridine rings is 1. The average Bonchev–Trinajstić information content (AvgIpc) is 2.14. The van der Waals surface area contributed by atoms with Gasteiger partial charge in [-0.05, 0) is 44.9 Å². The summed E-state index contributed by atoms with van der Waals surface area (Å²) in [4.78, 5) is 15.1. The molecule has 17 heavy (non-hydrogen) atoms. The number of aryl methyl sites for hydroxylation is 3. The van der Waals surface area contributed by atoms with E-state index in [4.69, 9.17) is 5.73 Å². The standard InChI is InChI=1S/C13H21N3O/c1-8-7-9(2)16-11(4)13(8)10(3)15-6-5-12(14)17/h7,10,15H,5-6H2,1-4H3,(H2,14,17). The number of hydrogen-bond donors (Lipinski definition) is 2. The van der Waals surface area contributed by atoms with Gasteiger partial charge in [0.2, 0.25) is 5.91 Å². The van der Waals surface area contributed by atoms with E-state index in [0.717, 1.165) is 11.4 Å². The molecule has 1 rings (SSSR count). The second-order valence-electron chi connectivity index (χ2n) is 4.47. The number of rotatable bonds is 5. The molecule has 0 aliphatic carbocycles. The van der Waals surface area contributed by atoms with Gasteiger partial charge in [-0.25, -0.2) is 0 Å². The molecule has 0 fully saturated rings. The molecule has 0 saturated carbocycles. The first-order valence-corrected chi connectivity index (χ1v) is 5.88. The molecule has 1 atom stereocenters. The first kappa shape index (κ1) is 13.6. The lowest BCUT2D eigenvalue weighted by Crippen LogP contribution is -2.25. The van der Waals surface area contributed by atoms with Crippen LogP contribution < -0.4 is 11.1 Å². The summed E-state index contributed by atoms with van der Waals surface area (Å²) < 4.78 is 0. The molecule has 94 valence electrons. The van der Waals surface area contributed by atoms with Crippen LogP contribution in [0.4, 0.5) is 0 Å². The number of nitrogens with two attached hydrogens (primary N) is 1. The van der Waals surface area contributed by atoms with Crippen molar-refractivity contribution >= 4 is 5.91 Å². The largest absolute Gasteiger partial charge is 0.370 e. The summed E-state index contributed by atoms with van der Waals surface area (Å²) in [6.07, 6.45) is 0.363. The first-order chi connectivity index (χ1) is 7.91. The first-order valence-electron chi connectivity index (χ1n) is 5.88. The summed E-state index contributed by atoms with van der Waals surface area (Å²) in [5.41, 5.74) is 9.62. The topological polar surface area (TPSA) is 68.0 Å². The highest BCUT2D eigenvalue weighted by atomic mass is 16.1. The van der Waals surface area contributed by atoms with Crippen LogP contribution in [0.3, 0.4) is 0 Å². The van der Waals surface area contributed by atoms with Crippen LogP contribution in [0.25, 0.3) is 0 Å². The number of nitrogens with one attached hydrogen (secondary N) is 1. The summed E-state index contributed by atoms with van der Waals surface area (Å²) in [5, 5.41) is 3.29. The van der Waals surface area contributed by atoms with Gasteiger partial charge < -0.3 is 11.1 Å². The Morgan fingerprint density at radius 1 is 1.47 bits per heavy atom. The molecule has 0 spiro atoms. The smallest absolute Gasteiger partial charge is 0.218 e. The molecule has 1 aromatic rings. The molecule has 0 radical (unpaired) electrons. The molecule has 4 nitrogen and oxygen atoms in total. The quantitative estimate of drug-likeness (QED) is 0.813. The molecular formula is C13H21N3O. The van der Waals surface area contributed by atoms with E-state index in [2.05, 4.69) is 30.2 Å². The fourth-order valence-corrected chi connectivity index (χ4v) is 2.20. The maximum atomic E-state index is 10.7. The maximum Gasteiger partial charge on any atom is 0.218 e. The van der Waals surface area contributed by atoms with Crippen molar-refractivity contribution in [2.24, 2.45) is 5.73 Å². The van der Waals surface area contributed by atoms with Gasteiger partial charge in [-0.2, -0.15) is 0 Å². The number of aromatic nitrogens is 1. The van der Waals surface area contributed by atoms with Crippen LogP contribution in [0.5, 0.6) is 0 Å². The van der Waals surface area contributed by atoms with E-state index in [-0.39, 0.29) is 11.9 Å². The molecule has 0 aliphatic rings. The van der Waals surface area contributed by atoms with Crippen LogP contribution >= 0.6 is 0 Å². The fourth-order valence-electron chi connectivity index (χ4n) is 2.20. The lowest BCUT2D eigenvalue weighted by molar-refractivity contribution is -0.117. The number of hydrogen-bond acceptors (Lipinski definition) is 3. The monoisotopic (exact) mass is 235 g/mol. The van der Waals surface area contributed by atoms with Crippen LogP contribution in [0.1, 0.15) is 41.9 Å². The Labute approximate surface area is 103 Å². The van der Waals surface area contributed by atoms with Crippen molar-refractivity contribution < 1.29 is 4.79 Å². The highest BCUT2D eigenvalue weighted by molar-refractivity contribution is 5.73. The number of carbonyl (C=O) groups excluding carboxylic acids is 1. The van der Waals surface area contributed by atoms with Crippen molar-refractivity contribution in [3.05, 3.63) is 28.6 Å². The van der Waals surface area contributed by atoms with Crippen molar-refractivity contribution in [1.29, 1.82) is 0 Å². The number of nitrogens with zero attached hydrogens (tertiary/aromatic N) is 1. The Bertz CT molecular complexity index is 392. The Morgan fingerprint density at radius 2 is 2.12 bits per heavy atom. The minimum absolute atomic E-state index is 0.183. The lowest BCUT2D eigenvalue weighted by Gasteiger charge is -2.18. The van der Waals surface area contributed by atoms with E-state index in [0.29, 0.717) is 13.0 Å². The predicted molar refractivity (Wildman–Crippen MR) is 68.7 cm³/mol. The normalized spacial score (nSPS) is 12.5. The van der Waals surface area contributed by atoms with Gasteiger partial charge in [-0.3, -0.25) is 9.78 Å². The summed E-state index contributed by atoms with van der Waals surface area (Å²) in [7, 11) is 0. The van der Waals surface area contributed by atoms with Crippen LogP contribution in [-0.4, -0.2) is 17.4 Å². The van der Waals surface area contributed by atoms with E-state index in [1.165, 1.54) is 11.1 Å². The van der Waals surface area contributed by atoms with E-state index < -0.39 is 0 Å². The molecule has 1 heterocycles. The van der Waals surface area contributed by atoms with Crippen LogP contribution in [0.2, 0.25) is 0 Å². The van der Waals surface area contributed by atoms with E-state index in [9.17, 15) is 4.79 Å². The molecular weight excluding hydrogens is 214 g/mol. The van der Waals surface area contributed by atoms with Gasteiger partial charge in [0, 0.05) is 30.4 Å². The second kappa shape index (κ2) is 5.77. The minimum Gasteiger partial charge on any atom is -0.370 e.